The van der Waals surface area contributed by atoms with Crippen LogP contribution in [0, 0.1) is 12.8 Å². The molecule has 0 saturated carbocycles. The van der Waals surface area contributed by atoms with Crippen molar-refractivity contribution in [3.63, 3.8) is 0 Å². The number of carbonyl (C=O) groups is 1. The maximum Gasteiger partial charge on any atom is 0.243 e. The number of nitrogens with zero attached hydrogens (tertiary/aromatic N) is 2. The van der Waals surface area contributed by atoms with Gasteiger partial charge in [0.1, 0.15) is 5.75 Å². The summed E-state index contributed by atoms with van der Waals surface area (Å²) < 4.78 is 32.9. The van der Waals surface area contributed by atoms with Gasteiger partial charge in [0.05, 0.1) is 12.0 Å². The fourth-order valence-corrected chi connectivity index (χ4v) is 6.93. The predicted octanol–water partition coefficient (Wildman–Crippen LogP) is 4.29. The van der Waals surface area contributed by atoms with Gasteiger partial charge in [0.15, 0.2) is 0 Å². The first-order valence-corrected chi connectivity index (χ1v) is 13.8. The molecule has 2 fully saturated rings. The van der Waals surface area contributed by atoms with E-state index in [-0.39, 0.29) is 11.8 Å². The number of amides is 1. The lowest BCUT2D eigenvalue weighted by Crippen LogP contribution is -2.46. The van der Waals surface area contributed by atoms with Crippen LogP contribution < -0.4 is 4.74 Å². The van der Waals surface area contributed by atoms with Crippen LogP contribution in [0.1, 0.15) is 42.7 Å². The lowest BCUT2D eigenvalue weighted by atomic mass is 9.88. The third-order valence-corrected chi connectivity index (χ3v) is 9.54. The first kappa shape index (κ1) is 23.9. The topological polar surface area (TPSA) is 82.7 Å². The Morgan fingerprint density at radius 1 is 0.971 bits per heavy atom. The number of methoxy groups -OCH3 is 1. The van der Waals surface area contributed by atoms with Gasteiger partial charge in [-0.15, -0.1) is 0 Å². The van der Waals surface area contributed by atoms with Crippen molar-refractivity contribution in [1.82, 2.24) is 14.2 Å². The van der Waals surface area contributed by atoms with Crippen LogP contribution in [0.25, 0.3) is 10.9 Å². The summed E-state index contributed by atoms with van der Waals surface area (Å²) in [5, 5.41) is 1.19. The molecule has 2 aromatic carbocycles. The number of fused-ring (bicyclic) bond motifs is 1. The van der Waals surface area contributed by atoms with E-state index in [0.29, 0.717) is 36.7 Å². The normalized spacial score (nSPS) is 18.7. The number of sulfonamides is 1. The van der Waals surface area contributed by atoms with E-state index in [1.807, 2.05) is 36.1 Å². The zero-order chi connectivity index (χ0) is 24.6. The van der Waals surface area contributed by atoms with Crippen molar-refractivity contribution in [2.24, 2.45) is 5.92 Å². The van der Waals surface area contributed by atoms with Crippen molar-refractivity contribution in [2.75, 3.05) is 33.3 Å². The summed E-state index contributed by atoms with van der Waals surface area (Å²) >= 11 is 0. The van der Waals surface area contributed by atoms with E-state index < -0.39 is 10.0 Å². The van der Waals surface area contributed by atoms with Gasteiger partial charge in [-0.1, -0.05) is 17.7 Å². The molecule has 2 saturated heterocycles. The molecule has 1 N–H and O–H groups in total. The fourth-order valence-electron chi connectivity index (χ4n) is 5.46. The molecule has 0 aliphatic carbocycles. The number of piperidine rings is 2. The fraction of sp³-hybridized carbons (Fsp3) is 0.444. The van der Waals surface area contributed by atoms with Crippen LogP contribution in [-0.2, 0) is 14.8 Å². The molecule has 3 aromatic rings. The Kier molecular flexibility index (Phi) is 6.59. The largest absolute Gasteiger partial charge is 0.497 e. The van der Waals surface area contributed by atoms with Crippen LogP contribution in [0.2, 0.25) is 0 Å². The summed E-state index contributed by atoms with van der Waals surface area (Å²) in [7, 11) is -1.83. The van der Waals surface area contributed by atoms with Crippen LogP contribution in [0.3, 0.4) is 0 Å². The highest BCUT2D eigenvalue weighted by Crippen LogP contribution is 2.35. The monoisotopic (exact) mass is 495 g/mol. The van der Waals surface area contributed by atoms with E-state index >= 15 is 0 Å². The first-order chi connectivity index (χ1) is 16.9. The van der Waals surface area contributed by atoms with Crippen molar-refractivity contribution < 1.29 is 17.9 Å². The van der Waals surface area contributed by atoms with Gasteiger partial charge < -0.3 is 14.6 Å². The Morgan fingerprint density at radius 3 is 2.31 bits per heavy atom. The average molecular weight is 496 g/mol. The van der Waals surface area contributed by atoms with Gasteiger partial charge in [0.2, 0.25) is 15.9 Å². The van der Waals surface area contributed by atoms with Gasteiger partial charge in [0, 0.05) is 49.2 Å². The SMILES string of the molecule is COc1ccc2[nH]cc(C3CCN(C(=O)C4CCN(S(=O)(=O)c5ccc(C)cc5)CC4)CC3)c2c1. The molecule has 5 rings (SSSR count). The highest BCUT2D eigenvalue weighted by Gasteiger charge is 2.35. The smallest absolute Gasteiger partial charge is 0.243 e. The van der Waals surface area contributed by atoms with Crippen molar-refractivity contribution in [3.05, 3.63) is 59.8 Å². The highest BCUT2D eigenvalue weighted by atomic mass is 32.2. The number of ether oxygens (including phenoxy) is 1. The van der Waals surface area contributed by atoms with Crippen molar-refractivity contribution in [1.29, 1.82) is 0 Å². The molecule has 2 aliphatic rings. The molecule has 3 heterocycles. The van der Waals surface area contributed by atoms with E-state index in [1.165, 1.54) is 15.3 Å². The van der Waals surface area contributed by atoms with Gasteiger partial charge in [-0.3, -0.25) is 4.79 Å². The lowest BCUT2D eigenvalue weighted by Gasteiger charge is -2.37. The Balaban J connectivity index is 1.17. The number of rotatable bonds is 5. The van der Waals surface area contributed by atoms with Crippen molar-refractivity contribution in [2.45, 2.75) is 43.4 Å². The molecular weight excluding hydrogens is 462 g/mol. The molecule has 186 valence electrons. The van der Waals surface area contributed by atoms with Crippen LogP contribution in [0.5, 0.6) is 5.75 Å². The molecule has 0 spiro atoms. The average Bonchev–Trinajstić information content (AvgIpc) is 3.32. The number of carbonyl (C=O) groups excluding carboxylic acids is 1. The first-order valence-electron chi connectivity index (χ1n) is 12.4. The summed E-state index contributed by atoms with van der Waals surface area (Å²) in [4.78, 5) is 18.9. The van der Waals surface area contributed by atoms with Crippen LogP contribution in [0.4, 0.5) is 0 Å². The molecule has 0 radical (unpaired) electrons. The quantitative estimate of drug-likeness (QED) is 0.572. The lowest BCUT2D eigenvalue weighted by molar-refractivity contribution is -0.137. The summed E-state index contributed by atoms with van der Waals surface area (Å²) in [5.74, 6) is 1.33. The molecule has 8 heteroatoms. The summed E-state index contributed by atoms with van der Waals surface area (Å²) in [5.41, 5.74) is 3.42. The number of aromatic amines is 1. The van der Waals surface area contributed by atoms with Gasteiger partial charge >= 0.3 is 0 Å². The number of hydrogen-bond acceptors (Lipinski definition) is 4. The van der Waals surface area contributed by atoms with Crippen LogP contribution >= 0.6 is 0 Å². The second kappa shape index (κ2) is 9.66. The van der Waals surface area contributed by atoms with Gasteiger partial charge in [0.25, 0.3) is 0 Å². The standard InChI is InChI=1S/C27H33N3O4S/c1-19-3-6-23(7-4-19)35(32,33)30-15-11-21(12-16-30)27(31)29-13-9-20(10-14-29)25-18-28-26-8-5-22(34-2)17-24(25)26/h3-8,17-18,20-21,28H,9-16H2,1-2H3. The summed E-state index contributed by atoms with van der Waals surface area (Å²) in [6.45, 7) is 4.19. The third-order valence-electron chi connectivity index (χ3n) is 7.63. The number of aromatic nitrogens is 1. The summed E-state index contributed by atoms with van der Waals surface area (Å²) in [6, 6.07) is 13.0. The van der Waals surface area contributed by atoms with Gasteiger partial charge in [-0.25, -0.2) is 8.42 Å². The molecule has 35 heavy (non-hydrogen) atoms. The second-order valence-electron chi connectivity index (χ2n) is 9.75. The van der Waals surface area contributed by atoms with Crippen molar-refractivity contribution in [3.8, 4) is 5.75 Å². The molecule has 2 aliphatic heterocycles. The van der Waals surface area contributed by atoms with Crippen molar-refractivity contribution >= 4 is 26.8 Å². The van der Waals surface area contributed by atoms with E-state index in [9.17, 15) is 13.2 Å². The zero-order valence-corrected chi connectivity index (χ0v) is 21.2. The van der Waals surface area contributed by atoms with Crippen LogP contribution in [-0.4, -0.2) is 61.8 Å². The number of nitrogens with one attached hydrogen (secondary N) is 1. The minimum Gasteiger partial charge on any atom is -0.497 e. The van der Waals surface area contributed by atoms with Crippen LogP contribution in [0.15, 0.2) is 53.6 Å². The Hall–Kier alpha value is -2.84. The zero-order valence-electron chi connectivity index (χ0n) is 20.4. The van der Waals surface area contributed by atoms with Gasteiger partial charge in [-0.05, 0) is 74.4 Å². The number of hydrogen-bond donors (Lipinski definition) is 1. The number of aryl methyl sites for hydroxylation is 1. The molecular formula is C27H33N3O4S. The Morgan fingerprint density at radius 2 is 1.66 bits per heavy atom. The van der Waals surface area contributed by atoms with E-state index in [4.69, 9.17) is 4.74 Å². The number of benzene rings is 2. The third kappa shape index (κ3) is 4.69. The molecule has 1 amide bonds. The molecule has 0 unspecified atom stereocenters. The minimum atomic E-state index is -3.51. The molecule has 0 bridgehead atoms. The molecule has 7 nitrogen and oxygen atoms in total. The number of H-pyrrole nitrogens is 1. The highest BCUT2D eigenvalue weighted by molar-refractivity contribution is 7.89. The second-order valence-corrected chi connectivity index (χ2v) is 11.7. The number of likely N-dealkylation sites (tertiary alicyclic amines) is 1. The Labute approximate surface area is 207 Å². The van der Waals surface area contributed by atoms with E-state index in [0.717, 1.165) is 42.8 Å². The maximum atomic E-state index is 13.2. The maximum absolute atomic E-state index is 13.2. The summed E-state index contributed by atoms with van der Waals surface area (Å²) in [6.07, 6.45) is 5.10. The van der Waals surface area contributed by atoms with E-state index in [1.54, 1.807) is 19.2 Å². The van der Waals surface area contributed by atoms with E-state index in [2.05, 4.69) is 17.2 Å². The predicted molar refractivity (Wildman–Crippen MR) is 136 cm³/mol. The molecule has 0 atom stereocenters. The van der Waals surface area contributed by atoms with Gasteiger partial charge in [-0.2, -0.15) is 4.31 Å². The molecule has 1 aromatic heterocycles. The Bertz CT molecular complexity index is 1300. The minimum absolute atomic E-state index is 0.103.